The molecule has 2 aliphatic heterocycles. The van der Waals surface area contributed by atoms with Gasteiger partial charge in [0.2, 0.25) is 5.91 Å². The van der Waals surface area contributed by atoms with Gasteiger partial charge in [-0.2, -0.15) is 5.26 Å². The lowest BCUT2D eigenvalue weighted by molar-refractivity contribution is -0.137. The van der Waals surface area contributed by atoms with Crippen molar-refractivity contribution in [3.8, 4) is 11.8 Å². The van der Waals surface area contributed by atoms with E-state index in [-0.39, 0.29) is 35.6 Å². The van der Waals surface area contributed by atoms with Gasteiger partial charge in [0.1, 0.15) is 17.5 Å². The monoisotopic (exact) mass is 566 g/mol. The van der Waals surface area contributed by atoms with Crippen LogP contribution in [0, 0.1) is 23.7 Å². The molecule has 0 radical (unpaired) electrons. The summed E-state index contributed by atoms with van der Waals surface area (Å²) in [4.78, 5) is 45.2. The molecular formula is C29H35ClN6O4. The number of pyridine rings is 1. The lowest BCUT2D eigenvalue weighted by Crippen LogP contribution is -2.56. The highest BCUT2D eigenvalue weighted by Crippen LogP contribution is 2.43. The van der Waals surface area contributed by atoms with Crippen LogP contribution in [0.4, 0.5) is 0 Å². The number of aromatic nitrogens is 1. The van der Waals surface area contributed by atoms with Gasteiger partial charge in [0.25, 0.3) is 11.8 Å². The summed E-state index contributed by atoms with van der Waals surface area (Å²) < 4.78 is 5.86. The van der Waals surface area contributed by atoms with Crippen LogP contribution in [0.2, 0.25) is 5.02 Å². The molecule has 11 heteroatoms. The minimum atomic E-state index is -0.873. The number of hydrogen-bond donors (Lipinski definition) is 3. The number of likely N-dealkylation sites (tertiary alicyclic amines) is 1. The number of carbonyl (C=O) groups excluding carboxylic acids is 3. The van der Waals surface area contributed by atoms with Crippen molar-refractivity contribution >= 4 is 29.3 Å². The van der Waals surface area contributed by atoms with E-state index in [1.54, 1.807) is 30.9 Å². The normalized spacial score (nSPS) is 23.6. The van der Waals surface area contributed by atoms with E-state index in [0.29, 0.717) is 35.7 Å². The Hall–Kier alpha value is -3.68. The van der Waals surface area contributed by atoms with Gasteiger partial charge in [-0.15, -0.1) is 0 Å². The Morgan fingerprint density at radius 1 is 1.27 bits per heavy atom. The second-order valence-corrected chi connectivity index (χ2v) is 11.5. The van der Waals surface area contributed by atoms with E-state index < -0.39 is 23.5 Å². The fourth-order valence-electron chi connectivity index (χ4n) is 5.31. The van der Waals surface area contributed by atoms with Crippen LogP contribution in [0.1, 0.15) is 74.7 Å². The molecule has 1 aromatic heterocycles. The van der Waals surface area contributed by atoms with Gasteiger partial charge in [-0.25, -0.2) is 10.4 Å². The van der Waals surface area contributed by atoms with E-state index in [1.165, 1.54) is 6.07 Å². The van der Waals surface area contributed by atoms with Crippen LogP contribution in [-0.2, 0) is 9.59 Å². The highest BCUT2D eigenvalue weighted by Gasteiger charge is 2.46. The highest BCUT2D eigenvalue weighted by molar-refractivity contribution is 6.30. The van der Waals surface area contributed by atoms with Crippen molar-refractivity contribution in [3.05, 3.63) is 58.4 Å². The number of amides is 3. The number of nitrogens with one attached hydrogen (secondary N) is 3. The molecule has 0 bridgehead atoms. The molecule has 0 aliphatic carbocycles. The number of hydrogen-bond acceptors (Lipinski definition) is 7. The van der Waals surface area contributed by atoms with Crippen molar-refractivity contribution in [2.45, 2.75) is 84.2 Å². The van der Waals surface area contributed by atoms with Crippen molar-refractivity contribution in [2.75, 3.05) is 0 Å². The number of benzene rings is 1. The fraction of sp³-hybridized carbons (Fsp3) is 0.483. The topological polar surface area (TPSA) is 136 Å². The molecule has 3 N–H and O–H groups in total. The van der Waals surface area contributed by atoms with Crippen LogP contribution in [0.15, 0.2) is 36.4 Å². The molecule has 0 spiro atoms. The van der Waals surface area contributed by atoms with Crippen LogP contribution in [0.5, 0.6) is 5.75 Å². The van der Waals surface area contributed by atoms with Crippen molar-refractivity contribution in [1.29, 1.82) is 5.26 Å². The van der Waals surface area contributed by atoms with Gasteiger partial charge in [0.15, 0.2) is 6.10 Å². The minimum Gasteiger partial charge on any atom is -0.479 e. The number of rotatable bonds is 7. The maximum Gasteiger partial charge on any atom is 0.275 e. The van der Waals surface area contributed by atoms with Crippen LogP contribution in [0.25, 0.3) is 0 Å². The lowest BCUT2D eigenvalue weighted by atomic mass is 9.84. The predicted octanol–water partition coefficient (Wildman–Crippen LogP) is 3.60. The maximum atomic E-state index is 13.8. The van der Waals surface area contributed by atoms with Crippen molar-refractivity contribution in [2.24, 2.45) is 5.41 Å². The zero-order chi connectivity index (χ0) is 29.2. The Balaban J connectivity index is 1.50. The van der Waals surface area contributed by atoms with Crippen LogP contribution in [-0.4, -0.2) is 51.8 Å². The summed E-state index contributed by atoms with van der Waals surface area (Å²) in [6.07, 6.45) is 1.15. The standard InChI is InChI=1S/C29H35ClN6O4/c1-16-13-24(27(38)35-34-16)40-23-11-9-21(32-17(23)2)26(37)33-18(3)28(39)36-22(19-7-6-8-20(30)14-19)10-12-25(36)29(4,5)15-31/h6-9,11,14,16,18,22,24-25,34H,10,12-13H2,1-5H3,(H,33,37)(H,35,38)/t16?,18-,22+,24?,25-/m1/s1. The molecule has 2 unspecified atom stereocenters. The third-order valence-electron chi connectivity index (χ3n) is 7.55. The number of nitriles is 1. The van der Waals surface area contributed by atoms with Gasteiger partial charge in [0, 0.05) is 17.5 Å². The summed E-state index contributed by atoms with van der Waals surface area (Å²) in [5, 5.41) is 13.2. The average Bonchev–Trinajstić information content (AvgIpc) is 3.37. The average molecular weight is 567 g/mol. The number of hydrazine groups is 1. The fourth-order valence-corrected chi connectivity index (χ4v) is 5.51. The zero-order valence-corrected chi connectivity index (χ0v) is 24.1. The molecule has 2 aromatic rings. The summed E-state index contributed by atoms with van der Waals surface area (Å²) in [6, 6.07) is 11.4. The van der Waals surface area contributed by atoms with Gasteiger partial charge in [0.05, 0.1) is 29.3 Å². The number of ether oxygens (including phenoxy) is 1. The second kappa shape index (κ2) is 11.8. The molecule has 0 saturated carbocycles. The summed E-state index contributed by atoms with van der Waals surface area (Å²) in [6.45, 7) is 8.90. The molecule has 4 rings (SSSR count). The van der Waals surface area contributed by atoms with E-state index in [0.717, 1.165) is 5.56 Å². The zero-order valence-electron chi connectivity index (χ0n) is 23.3. The van der Waals surface area contributed by atoms with Crippen molar-refractivity contribution < 1.29 is 19.1 Å². The molecule has 40 heavy (non-hydrogen) atoms. The molecule has 10 nitrogen and oxygen atoms in total. The highest BCUT2D eigenvalue weighted by atomic mass is 35.5. The molecular weight excluding hydrogens is 532 g/mol. The smallest absolute Gasteiger partial charge is 0.275 e. The first kappa shape index (κ1) is 29.3. The Morgan fingerprint density at radius 3 is 2.70 bits per heavy atom. The summed E-state index contributed by atoms with van der Waals surface area (Å²) in [5.41, 5.74) is 6.11. The molecule has 3 heterocycles. The summed E-state index contributed by atoms with van der Waals surface area (Å²) in [7, 11) is 0. The SMILES string of the molecule is Cc1nc(C(=O)N[C@H](C)C(=O)N2[C@H](c3cccc(Cl)c3)CC[C@@H]2C(C)(C)C#N)ccc1OC1CC(C)NNC1=O. The largest absolute Gasteiger partial charge is 0.479 e. The molecule has 1 aromatic carbocycles. The first-order valence-electron chi connectivity index (χ1n) is 13.4. The molecule has 2 fully saturated rings. The maximum absolute atomic E-state index is 13.8. The van der Waals surface area contributed by atoms with Gasteiger partial charge in [-0.05, 0) is 77.3 Å². The van der Waals surface area contributed by atoms with Crippen LogP contribution in [0.3, 0.4) is 0 Å². The number of halogens is 1. The van der Waals surface area contributed by atoms with Crippen LogP contribution < -0.4 is 20.9 Å². The summed E-state index contributed by atoms with van der Waals surface area (Å²) in [5.74, 6) is -0.675. The van der Waals surface area contributed by atoms with Crippen molar-refractivity contribution in [1.82, 2.24) is 26.1 Å². The predicted molar refractivity (Wildman–Crippen MR) is 149 cm³/mol. The third-order valence-corrected chi connectivity index (χ3v) is 7.79. The van der Waals surface area contributed by atoms with E-state index in [2.05, 4.69) is 27.2 Å². The quantitative estimate of drug-likeness (QED) is 0.466. The molecule has 212 valence electrons. The minimum absolute atomic E-state index is 0.0486. The van der Waals surface area contributed by atoms with Gasteiger partial charge in [-0.1, -0.05) is 23.7 Å². The van der Waals surface area contributed by atoms with E-state index >= 15 is 0 Å². The Labute approximate surface area is 239 Å². The van der Waals surface area contributed by atoms with Gasteiger partial charge >= 0.3 is 0 Å². The first-order chi connectivity index (χ1) is 18.9. The third kappa shape index (κ3) is 6.21. The number of carbonyl (C=O) groups is 3. The Kier molecular flexibility index (Phi) is 8.66. The van der Waals surface area contributed by atoms with Gasteiger partial charge in [-0.3, -0.25) is 19.8 Å². The van der Waals surface area contributed by atoms with E-state index in [1.807, 2.05) is 39.0 Å². The molecule has 2 aliphatic rings. The Bertz CT molecular complexity index is 1340. The summed E-state index contributed by atoms with van der Waals surface area (Å²) >= 11 is 6.24. The van der Waals surface area contributed by atoms with Crippen molar-refractivity contribution in [3.63, 3.8) is 0 Å². The van der Waals surface area contributed by atoms with E-state index in [4.69, 9.17) is 16.3 Å². The first-order valence-corrected chi connectivity index (χ1v) is 13.8. The lowest BCUT2D eigenvalue weighted by Gasteiger charge is -2.38. The van der Waals surface area contributed by atoms with Gasteiger partial charge < -0.3 is 15.0 Å². The number of nitrogens with zero attached hydrogens (tertiary/aromatic N) is 3. The number of aryl methyl sites for hydroxylation is 1. The Morgan fingerprint density at radius 2 is 2.02 bits per heavy atom. The molecule has 3 amide bonds. The molecule has 5 atom stereocenters. The van der Waals surface area contributed by atoms with E-state index in [9.17, 15) is 19.6 Å². The molecule has 2 saturated heterocycles. The second-order valence-electron chi connectivity index (χ2n) is 11.1. The van der Waals surface area contributed by atoms with Crippen LogP contribution >= 0.6 is 11.6 Å².